The van der Waals surface area contributed by atoms with Crippen LogP contribution < -0.4 is 4.90 Å². The highest BCUT2D eigenvalue weighted by Gasteiger charge is 2.38. The van der Waals surface area contributed by atoms with E-state index in [2.05, 4.69) is 4.98 Å². The Morgan fingerprint density at radius 2 is 1.97 bits per heavy atom. The summed E-state index contributed by atoms with van der Waals surface area (Å²) >= 11 is 12.5. The highest BCUT2D eigenvalue weighted by molar-refractivity contribution is 6.39. The van der Waals surface area contributed by atoms with Gasteiger partial charge in [-0.05, 0) is 43.7 Å². The number of fused-ring (bicyclic) bond motifs is 1. The van der Waals surface area contributed by atoms with E-state index in [1.807, 2.05) is 13.0 Å². The minimum absolute atomic E-state index is 0.00237. The number of aromatic nitrogens is 1. The van der Waals surface area contributed by atoms with Crippen molar-refractivity contribution in [2.75, 3.05) is 18.1 Å². The lowest BCUT2D eigenvalue weighted by Gasteiger charge is -2.18. The molecule has 1 aromatic heterocycles. The number of aromatic amines is 1. The van der Waals surface area contributed by atoms with Gasteiger partial charge in [0.1, 0.15) is 12.2 Å². The lowest BCUT2D eigenvalue weighted by Crippen LogP contribution is -2.33. The smallest absolute Gasteiger partial charge is 0.355 e. The fourth-order valence-corrected chi connectivity index (χ4v) is 4.34. The SMILES string of the molecule is CCOC(=O)c1[nH]c2cc(Cl)cc(Cl)c2c1CN1CC(=O)N(c2cccc(C)c2)C1=O. The lowest BCUT2D eigenvalue weighted by atomic mass is 10.1. The van der Waals surface area contributed by atoms with E-state index in [-0.39, 0.29) is 31.3 Å². The zero-order chi connectivity index (χ0) is 22.3. The summed E-state index contributed by atoms with van der Waals surface area (Å²) in [6, 6.07) is 9.89. The standard InChI is InChI=1S/C22H19Cl2N3O4/c1-3-31-21(29)20-15(19-16(24)8-13(23)9-17(19)25-20)10-26-11-18(28)27(22(26)30)14-6-4-5-12(2)7-14/h4-9,25H,3,10-11H2,1-2H3. The van der Waals surface area contributed by atoms with Gasteiger partial charge < -0.3 is 14.6 Å². The molecule has 1 fully saturated rings. The summed E-state index contributed by atoms with van der Waals surface area (Å²) in [4.78, 5) is 43.8. The molecule has 0 saturated carbocycles. The first kappa shape index (κ1) is 21.2. The number of ether oxygens (including phenoxy) is 1. The number of hydrogen-bond acceptors (Lipinski definition) is 4. The molecule has 3 aromatic rings. The third-order valence-corrected chi connectivity index (χ3v) is 5.56. The zero-order valence-electron chi connectivity index (χ0n) is 16.9. The number of carbonyl (C=O) groups is 3. The predicted octanol–water partition coefficient (Wildman–Crippen LogP) is 4.93. The van der Waals surface area contributed by atoms with Crippen LogP contribution in [0.25, 0.3) is 10.9 Å². The Kier molecular flexibility index (Phi) is 5.64. The van der Waals surface area contributed by atoms with Gasteiger partial charge in [0.25, 0.3) is 5.91 Å². The Labute approximate surface area is 188 Å². The van der Waals surface area contributed by atoms with E-state index in [1.54, 1.807) is 37.3 Å². The monoisotopic (exact) mass is 459 g/mol. The Balaban J connectivity index is 1.74. The number of halogens is 2. The van der Waals surface area contributed by atoms with E-state index in [9.17, 15) is 14.4 Å². The maximum atomic E-state index is 13.1. The third-order valence-electron chi connectivity index (χ3n) is 5.04. The summed E-state index contributed by atoms with van der Waals surface area (Å²) in [5.41, 5.74) is 2.63. The lowest BCUT2D eigenvalue weighted by molar-refractivity contribution is -0.116. The molecule has 2 heterocycles. The Bertz CT molecular complexity index is 1220. The summed E-state index contributed by atoms with van der Waals surface area (Å²) in [6.07, 6.45) is 0. The number of imide groups is 1. The second-order valence-corrected chi connectivity index (χ2v) is 8.06. The Hall–Kier alpha value is -3.03. The van der Waals surface area contributed by atoms with Gasteiger partial charge in [-0.3, -0.25) is 4.79 Å². The van der Waals surface area contributed by atoms with Crippen molar-refractivity contribution >= 4 is 57.7 Å². The quantitative estimate of drug-likeness (QED) is 0.433. The van der Waals surface area contributed by atoms with Crippen LogP contribution in [0.1, 0.15) is 28.5 Å². The first-order valence-corrected chi connectivity index (χ1v) is 10.4. The Morgan fingerprint density at radius 3 is 2.68 bits per heavy atom. The molecule has 0 spiro atoms. The van der Waals surface area contributed by atoms with Gasteiger partial charge in [-0.25, -0.2) is 14.5 Å². The molecule has 1 saturated heterocycles. The van der Waals surface area contributed by atoms with Gasteiger partial charge in [0.05, 0.1) is 23.9 Å². The van der Waals surface area contributed by atoms with Crippen LogP contribution in [0, 0.1) is 6.92 Å². The fraction of sp³-hybridized carbons (Fsp3) is 0.227. The van der Waals surface area contributed by atoms with E-state index < -0.39 is 12.0 Å². The van der Waals surface area contributed by atoms with Gasteiger partial charge in [-0.1, -0.05) is 35.3 Å². The number of rotatable bonds is 5. The first-order valence-electron chi connectivity index (χ1n) is 9.65. The number of anilines is 1. The average molecular weight is 460 g/mol. The van der Waals surface area contributed by atoms with Crippen LogP contribution >= 0.6 is 23.2 Å². The number of hydrogen-bond donors (Lipinski definition) is 1. The maximum absolute atomic E-state index is 13.1. The van der Waals surface area contributed by atoms with Crippen LogP contribution in [-0.2, 0) is 16.1 Å². The van der Waals surface area contributed by atoms with Crippen molar-refractivity contribution in [2.24, 2.45) is 0 Å². The zero-order valence-corrected chi connectivity index (χ0v) is 18.4. The van der Waals surface area contributed by atoms with E-state index in [0.717, 1.165) is 10.5 Å². The molecule has 4 rings (SSSR count). The molecule has 0 aliphatic carbocycles. The van der Waals surface area contributed by atoms with Crippen molar-refractivity contribution in [3.8, 4) is 0 Å². The minimum atomic E-state index is -0.575. The number of amides is 3. The normalized spacial score (nSPS) is 14.1. The summed E-state index contributed by atoms with van der Waals surface area (Å²) in [5.74, 6) is -0.920. The van der Waals surface area contributed by atoms with Crippen LogP contribution in [0.4, 0.5) is 10.5 Å². The molecule has 0 bridgehead atoms. The fourth-order valence-electron chi connectivity index (χ4n) is 3.74. The van der Waals surface area contributed by atoms with Gasteiger partial charge >= 0.3 is 12.0 Å². The topological polar surface area (TPSA) is 82.7 Å². The second-order valence-electron chi connectivity index (χ2n) is 7.22. The van der Waals surface area contributed by atoms with Crippen molar-refractivity contribution in [3.05, 3.63) is 63.3 Å². The van der Waals surface area contributed by atoms with Crippen molar-refractivity contribution in [3.63, 3.8) is 0 Å². The van der Waals surface area contributed by atoms with E-state index in [4.69, 9.17) is 27.9 Å². The van der Waals surface area contributed by atoms with Crippen LogP contribution in [0.15, 0.2) is 36.4 Å². The number of benzene rings is 2. The molecule has 3 amide bonds. The number of aryl methyl sites for hydroxylation is 1. The summed E-state index contributed by atoms with van der Waals surface area (Å²) in [7, 11) is 0. The van der Waals surface area contributed by atoms with Crippen LogP contribution in [0.5, 0.6) is 0 Å². The molecule has 0 unspecified atom stereocenters. The van der Waals surface area contributed by atoms with E-state index in [0.29, 0.717) is 32.2 Å². The molecule has 2 aromatic carbocycles. The molecule has 31 heavy (non-hydrogen) atoms. The van der Waals surface area contributed by atoms with E-state index in [1.165, 1.54) is 4.90 Å². The van der Waals surface area contributed by atoms with Crippen molar-refractivity contribution in [2.45, 2.75) is 20.4 Å². The second kappa shape index (κ2) is 8.24. The molecule has 0 radical (unpaired) electrons. The molecule has 1 aliphatic heterocycles. The molecule has 1 aliphatic rings. The van der Waals surface area contributed by atoms with Gasteiger partial charge in [-0.15, -0.1) is 0 Å². The van der Waals surface area contributed by atoms with Crippen molar-refractivity contribution in [1.82, 2.24) is 9.88 Å². The van der Waals surface area contributed by atoms with Gasteiger partial charge in [0.2, 0.25) is 0 Å². The molecule has 1 N–H and O–H groups in total. The molecule has 160 valence electrons. The summed E-state index contributed by atoms with van der Waals surface area (Å²) in [6.45, 7) is 3.66. The maximum Gasteiger partial charge on any atom is 0.355 e. The molecule has 9 heteroatoms. The number of carbonyl (C=O) groups excluding carboxylic acids is 3. The number of esters is 1. The largest absolute Gasteiger partial charge is 0.461 e. The third kappa shape index (κ3) is 3.86. The van der Waals surface area contributed by atoms with Gasteiger partial charge in [0, 0.05) is 21.5 Å². The van der Waals surface area contributed by atoms with Crippen molar-refractivity contribution in [1.29, 1.82) is 0 Å². The predicted molar refractivity (Wildman–Crippen MR) is 119 cm³/mol. The van der Waals surface area contributed by atoms with Crippen LogP contribution in [0.3, 0.4) is 0 Å². The Morgan fingerprint density at radius 1 is 1.19 bits per heavy atom. The molecular formula is C22H19Cl2N3O4. The van der Waals surface area contributed by atoms with Gasteiger partial charge in [-0.2, -0.15) is 0 Å². The molecule has 7 nitrogen and oxygen atoms in total. The van der Waals surface area contributed by atoms with Crippen molar-refractivity contribution < 1.29 is 19.1 Å². The summed E-state index contributed by atoms with van der Waals surface area (Å²) < 4.78 is 5.16. The minimum Gasteiger partial charge on any atom is -0.461 e. The highest BCUT2D eigenvalue weighted by Crippen LogP contribution is 2.34. The van der Waals surface area contributed by atoms with Gasteiger partial charge in [0.15, 0.2) is 0 Å². The van der Waals surface area contributed by atoms with Crippen LogP contribution in [0.2, 0.25) is 10.0 Å². The average Bonchev–Trinajstić information content (AvgIpc) is 3.19. The number of nitrogens with zero attached hydrogens (tertiary/aromatic N) is 2. The van der Waals surface area contributed by atoms with Crippen LogP contribution in [-0.4, -0.2) is 40.9 Å². The summed E-state index contributed by atoms with van der Waals surface area (Å²) in [5, 5.41) is 1.29. The molecule has 0 atom stereocenters. The number of urea groups is 1. The molecular weight excluding hydrogens is 441 g/mol. The van der Waals surface area contributed by atoms with E-state index >= 15 is 0 Å². The highest BCUT2D eigenvalue weighted by atomic mass is 35.5. The number of nitrogens with one attached hydrogen (secondary N) is 1. The first-order chi connectivity index (χ1) is 14.8. The number of H-pyrrole nitrogens is 1.